The van der Waals surface area contributed by atoms with Crippen LogP contribution in [0.4, 0.5) is 0 Å². The van der Waals surface area contributed by atoms with Gasteiger partial charge < -0.3 is 20.1 Å². The molecule has 0 heterocycles. The molecule has 156 valence electrons. The van der Waals surface area contributed by atoms with Crippen molar-refractivity contribution >= 4 is 5.97 Å². The second-order valence-corrected chi connectivity index (χ2v) is 8.01. The van der Waals surface area contributed by atoms with Gasteiger partial charge in [0.25, 0.3) is 0 Å². The molecule has 0 bridgehead atoms. The molecule has 5 nitrogen and oxygen atoms in total. The second kappa shape index (κ2) is 9.75. The number of ether oxygens (including phenoxy) is 1. The summed E-state index contributed by atoms with van der Waals surface area (Å²) in [7, 11) is 0. The Morgan fingerprint density at radius 2 is 2.25 bits per heavy atom. The number of carboxylic acid groups (broad SMARTS) is 1. The molecule has 1 saturated carbocycles. The Morgan fingerprint density at radius 1 is 1.39 bits per heavy atom. The number of aliphatic carboxylic acids is 1. The van der Waals surface area contributed by atoms with E-state index >= 15 is 0 Å². The highest BCUT2D eigenvalue weighted by Crippen LogP contribution is 2.48. The van der Waals surface area contributed by atoms with Crippen molar-refractivity contribution in [1.82, 2.24) is 0 Å². The SMILES string of the molecule is [2H]C([2H])([2H])C([2H])([2H])CCC[C@@]([2H])(O)CC[C@@H]1[C@H]2Cc3cccc(OCC(=O)O)c3C[C@H]2C[C@H]1O. The fourth-order valence-electron chi connectivity index (χ4n) is 4.92. The van der Waals surface area contributed by atoms with Gasteiger partial charge in [-0.3, -0.25) is 0 Å². The van der Waals surface area contributed by atoms with Gasteiger partial charge in [-0.05, 0) is 73.5 Å². The predicted octanol–water partition coefficient (Wildman–Crippen LogP) is 3.58. The van der Waals surface area contributed by atoms with Crippen LogP contribution in [0.2, 0.25) is 0 Å². The smallest absolute Gasteiger partial charge is 0.341 e. The van der Waals surface area contributed by atoms with Crippen LogP contribution in [-0.4, -0.2) is 40.1 Å². The molecule has 1 aromatic carbocycles. The zero-order chi connectivity index (χ0) is 25.3. The van der Waals surface area contributed by atoms with E-state index in [0.717, 1.165) is 11.1 Å². The van der Waals surface area contributed by atoms with Gasteiger partial charge in [-0.25, -0.2) is 4.79 Å². The molecule has 0 spiro atoms. The van der Waals surface area contributed by atoms with Gasteiger partial charge >= 0.3 is 5.97 Å². The van der Waals surface area contributed by atoms with E-state index in [1.807, 2.05) is 12.1 Å². The Kier molecular flexibility index (Phi) is 5.01. The molecule has 5 heteroatoms. The maximum absolute atomic E-state index is 10.9. The summed E-state index contributed by atoms with van der Waals surface area (Å²) in [4.78, 5) is 10.9. The predicted molar refractivity (Wildman–Crippen MR) is 107 cm³/mol. The van der Waals surface area contributed by atoms with Crippen LogP contribution in [-0.2, 0) is 17.6 Å². The number of fused-ring (bicyclic) bond motifs is 2. The molecule has 28 heavy (non-hydrogen) atoms. The fourth-order valence-corrected chi connectivity index (χ4v) is 4.92. The first-order valence-corrected chi connectivity index (χ1v) is 10.1. The highest BCUT2D eigenvalue weighted by molar-refractivity contribution is 5.68. The van der Waals surface area contributed by atoms with Crippen molar-refractivity contribution in [2.75, 3.05) is 6.61 Å². The van der Waals surface area contributed by atoms with Gasteiger partial charge in [0.2, 0.25) is 0 Å². The van der Waals surface area contributed by atoms with Crippen LogP contribution in [0, 0.1) is 17.8 Å². The molecule has 2 aliphatic rings. The minimum Gasteiger partial charge on any atom is -0.482 e. The summed E-state index contributed by atoms with van der Waals surface area (Å²) >= 11 is 0. The number of aliphatic hydroxyl groups is 2. The summed E-state index contributed by atoms with van der Waals surface area (Å²) in [6.07, 6.45) is -2.41. The van der Waals surface area contributed by atoms with E-state index in [1.165, 1.54) is 0 Å². The topological polar surface area (TPSA) is 87.0 Å². The zero-order valence-electron chi connectivity index (χ0n) is 22.1. The standard InChI is InChI=1S/C23H34O5/c1-2-3-4-7-17(24)9-10-18-19-11-15-6-5-8-22(28-14-23(26)27)20(15)12-16(19)13-21(18)25/h5-6,8,16-19,21,24-25H,2-4,7,9-14H2,1H3,(H,26,27)/t16-,17+,18+,19-,21+/m0/s1/i1D3,2D2,17D. The van der Waals surface area contributed by atoms with Gasteiger partial charge in [-0.2, -0.15) is 0 Å². The van der Waals surface area contributed by atoms with E-state index in [0.29, 0.717) is 31.4 Å². The van der Waals surface area contributed by atoms with Crippen LogP contribution in [0.15, 0.2) is 18.2 Å². The van der Waals surface area contributed by atoms with Gasteiger partial charge in [-0.1, -0.05) is 38.2 Å². The second-order valence-electron chi connectivity index (χ2n) is 8.01. The first kappa shape index (κ1) is 14.4. The molecular weight excluding hydrogens is 356 g/mol. The van der Waals surface area contributed by atoms with Crippen molar-refractivity contribution in [2.24, 2.45) is 17.8 Å². The fraction of sp³-hybridized carbons (Fsp3) is 0.696. The summed E-state index contributed by atoms with van der Waals surface area (Å²) in [5.41, 5.74) is 2.05. The molecule has 2 aliphatic carbocycles. The van der Waals surface area contributed by atoms with Gasteiger partial charge in [0, 0.05) is 6.85 Å². The summed E-state index contributed by atoms with van der Waals surface area (Å²) in [6, 6.07) is 5.58. The summed E-state index contributed by atoms with van der Waals surface area (Å²) in [5.74, 6) is -0.189. The van der Waals surface area contributed by atoms with Crippen molar-refractivity contribution in [1.29, 1.82) is 0 Å². The number of hydrogen-bond acceptors (Lipinski definition) is 4. The quantitative estimate of drug-likeness (QED) is 0.563. The van der Waals surface area contributed by atoms with Crippen LogP contribution in [0.5, 0.6) is 5.75 Å². The van der Waals surface area contributed by atoms with Crippen LogP contribution in [0.25, 0.3) is 0 Å². The molecule has 5 atom stereocenters. The van der Waals surface area contributed by atoms with E-state index in [1.54, 1.807) is 6.07 Å². The number of aliphatic hydroxyl groups excluding tert-OH is 1. The van der Waals surface area contributed by atoms with Crippen LogP contribution in [0.1, 0.15) is 71.1 Å². The number of carbonyl (C=O) groups is 1. The molecule has 1 fully saturated rings. The molecule has 1 aromatic rings. The first-order valence-electron chi connectivity index (χ1n) is 13.1. The van der Waals surface area contributed by atoms with Gasteiger partial charge in [0.05, 0.1) is 13.6 Å². The Morgan fingerprint density at radius 3 is 3.04 bits per heavy atom. The molecule has 0 aromatic heterocycles. The van der Waals surface area contributed by atoms with E-state index in [2.05, 4.69) is 0 Å². The van der Waals surface area contributed by atoms with Crippen LogP contribution in [0.3, 0.4) is 0 Å². The minimum absolute atomic E-state index is 0.0351. The van der Waals surface area contributed by atoms with Crippen molar-refractivity contribution in [2.45, 2.75) is 76.8 Å². The van der Waals surface area contributed by atoms with Crippen molar-refractivity contribution in [3.8, 4) is 5.75 Å². The van der Waals surface area contributed by atoms with Crippen molar-refractivity contribution < 1.29 is 33.1 Å². The number of carboxylic acids is 1. The maximum Gasteiger partial charge on any atom is 0.341 e. The Balaban J connectivity index is 1.59. The molecular formula is C23H34O5. The van der Waals surface area contributed by atoms with Gasteiger partial charge in [0.1, 0.15) is 5.75 Å². The lowest BCUT2D eigenvalue weighted by atomic mass is 9.73. The van der Waals surface area contributed by atoms with Gasteiger partial charge in [0.15, 0.2) is 6.61 Å². The zero-order valence-corrected chi connectivity index (χ0v) is 16.1. The Hall–Kier alpha value is -1.59. The third-order valence-corrected chi connectivity index (χ3v) is 6.23. The lowest BCUT2D eigenvalue weighted by Gasteiger charge is -2.32. The van der Waals surface area contributed by atoms with E-state index in [-0.39, 0.29) is 43.4 Å². The number of rotatable bonds is 10. The molecule has 0 saturated heterocycles. The number of benzene rings is 1. The average molecular weight is 397 g/mol. The van der Waals surface area contributed by atoms with Crippen LogP contribution < -0.4 is 4.74 Å². The lowest BCUT2D eigenvalue weighted by molar-refractivity contribution is -0.139. The monoisotopic (exact) mass is 396 g/mol. The third-order valence-electron chi connectivity index (χ3n) is 6.23. The van der Waals surface area contributed by atoms with Crippen LogP contribution >= 0.6 is 0 Å². The molecule has 0 aliphatic heterocycles. The molecule has 0 unspecified atom stereocenters. The van der Waals surface area contributed by atoms with Gasteiger partial charge in [-0.15, -0.1) is 0 Å². The minimum atomic E-state index is -2.74. The molecule has 3 N–H and O–H groups in total. The average Bonchev–Trinajstić information content (AvgIpc) is 3.01. The lowest BCUT2D eigenvalue weighted by Crippen LogP contribution is -2.28. The third kappa shape index (κ3) is 5.06. The maximum atomic E-state index is 10.9. The van der Waals surface area contributed by atoms with E-state index in [9.17, 15) is 15.0 Å². The van der Waals surface area contributed by atoms with Crippen molar-refractivity contribution in [3.05, 3.63) is 29.3 Å². The number of hydrogen-bond donors (Lipinski definition) is 3. The normalized spacial score (nSPS) is 32.4. The molecule has 0 amide bonds. The Labute approximate surface area is 176 Å². The first-order chi connectivity index (χ1) is 15.7. The van der Waals surface area contributed by atoms with E-state index in [4.69, 9.17) is 18.1 Å². The highest BCUT2D eigenvalue weighted by Gasteiger charge is 2.44. The summed E-state index contributed by atoms with van der Waals surface area (Å²) in [5, 5.41) is 30.2. The van der Waals surface area contributed by atoms with E-state index < -0.39 is 38.0 Å². The van der Waals surface area contributed by atoms with Crippen molar-refractivity contribution in [3.63, 3.8) is 0 Å². The Bertz CT molecular complexity index is 872. The summed E-state index contributed by atoms with van der Waals surface area (Å²) < 4.78 is 50.8. The largest absolute Gasteiger partial charge is 0.482 e. The summed E-state index contributed by atoms with van der Waals surface area (Å²) in [6.45, 7) is -3.16. The molecule has 0 radical (unpaired) electrons. The highest BCUT2D eigenvalue weighted by atomic mass is 16.5. The molecule has 3 rings (SSSR count).